The maximum Gasteiger partial charge on any atom is 0.118 e. The molecule has 4 nitrogen and oxygen atoms in total. The number of hydrogen-bond acceptors (Lipinski definition) is 4. The first-order valence-electron chi connectivity index (χ1n) is 5.96. The Morgan fingerprint density at radius 1 is 1.35 bits per heavy atom. The minimum atomic E-state index is -0.477. The summed E-state index contributed by atoms with van der Waals surface area (Å²) < 4.78 is 5.51. The van der Waals surface area contributed by atoms with Gasteiger partial charge in [-0.05, 0) is 31.0 Å². The fourth-order valence-electron chi connectivity index (χ4n) is 2.14. The maximum atomic E-state index is 9.77. The zero-order valence-corrected chi connectivity index (χ0v) is 9.85. The molecule has 1 saturated heterocycles. The number of ether oxygens (including phenoxy) is 1. The van der Waals surface area contributed by atoms with Crippen molar-refractivity contribution in [1.82, 2.24) is 5.32 Å². The summed E-state index contributed by atoms with van der Waals surface area (Å²) in [5.41, 5.74) is 0.356. The lowest BCUT2D eigenvalue weighted by molar-refractivity contribution is 0.0564. The second-order valence-electron chi connectivity index (χ2n) is 4.58. The fourth-order valence-corrected chi connectivity index (χ4v) is 2.14. The number of benzene rings is 1. The molecule has 1 aliphatic rings. The third kappa shape index (κ3) is 2.97. The van der Waals surface area contributed by atoms with Gasteiger partial charge in [-0.2, -0.15) is 0 Å². The predicted octanol–water partition coefficient (Wildman–Crippen LogP) is 0.676. The highest BCUT2D eigenvalue weighted by Crippen LogP contribution is 2.23. The standard InChI is InChI=1S/C13H19NO3/c15-9-13(10-17-7-3-6-14-13)8-11-4-1-2-5-12(11)16/h1-2,4-5,14-16H,3,6-10H2. The third-order valence-electron chi connectivity index (χ3n) is 3.17. The van der Waals surface area contributed by atoms with E-state index in [0.29, 0.717) is 13.0 Å². The Bertz CT molecular complexity index is 359. The van der Waals surface area contributed by atoms with Gasteiger partial charge in [-0.15, -0.1) is 0 Å². The van der Waals surface area contributed by atoms with Gasteiger partial charge in [-0.3, -0.25) is 0 Å². The lowest BCUT2D eigenvalue weighted by Crippen LogP contribution is -2.53. The molecule has 1 atom stereocenters. The molecule has 1 aromatic carbocycles. The lowest BCUT2D eigenvalue weighted by Gasteiger charge is -2.31. The maximum absolute atomic E-state index is 9.77. The Hall–Kier alpha value is -1.10. The van der Waals surface area contributed by atoms with Crippen LogP contribution in [0, 0.1) is 0 Å². The van der Waals surface area contributed by atoms with Crippen LogP contribution in [-0.4, -0.2) is 42.1 Å². The average molecular weight is 237 g/mol. The number of para-hydroxylation sites is 1. The van der Waals surface area contributed by atoms with Crippen molar-refractivity contribution in [2.75, 3.05) is 26.4 Å². The van der Waals surface area contributed by atoms with E-state index >= 15 is 0 Å². The van der Waals surface area contributed by atoms with Crippen molar-refractivity contribution in [2.45, 2.75) is 18.4 Å². The Kier molecular flexibility index (Phi) is 3.99. The zero-order chi connectivity index (χ0) is 12.1. The summed E-state index contributed by atoms with van der Waals surface area (Å²) in [5, 5.41) is 22.7. The Morgan fingerprint density at radius 3 is 2.94 bits per heavy atom. The van der Waals surface area contributed by atoms with Crippen molar-refractivity contribution in [1.29, 1.82) is 0 Å². The molecule has 17 heavy (non-hydrogen) atoms. The lowest BCUT2D eigenvalue weighted by atomic mass is 9.92. The largest absolute Gasteiger partial charge is 0.508 e. The summed E-state index contributed by atoms with van der Waals surface area (Å²) in [4.78, 5) is 0. The van der Waals surface area contributed by atoms with Crippen LogP contribution in [0.5, 0.6) is 5.75 Å². The van der Waals surface area contributed by atoms with Gasteiger partial charge in [0.15, 0.2) is 0 Å². The zero-order valence-electron chi connectivity index (χ0n) is 9.85. The van der Waals surface area contributed by atoms with Crippen molar-refractivity contribution in [3.05, 3.63) is 29.8 Å². The molecule has 3 N–H and O–H groups in total. The van der Waals surface area contributed by atoms with E-state index in [-0.39, 0.29) is 12.4 Å². The van der Waals surface area contributed by atoms with Crippen molar-refractivity contribution in [3.8, 4) is 5.75 Å². The van der Waals surface area contributed by atoms with Gasteiger partial charge < -0.3 is 20.3 Å². The molecule has 94 valence electrons. The minimum Gasteiger partial charge on any atom is -0.508 e. The number of nitrogens with one attached hydrogen (secondary N) is 1. The predicted molar refractivity (Wildman–Crippen MR) is 65.1 cm³/mol. The van der Waals surface area contributed by atoms with Crippen LogP contribution < -0.4 is 5.32 Å². The normalized spacial score (nSPS) is 25.5. The van der Waals surface area contributed by atoms with Gasteiger partial charge in [-0.1, -0.05) is 18.2 Å². The first-order valence-corrected chi connectivity index (χ1v) is 5.96. The molecule has 2 rings (SSSR count). The van der Waals surface area contributed by atoms with Crippen LogP contribution in [0.1, 0.15) is 12.0 Å². The van der Waals surface area contributed by atoms with Gasteiger partial charge >= 0.3 is 0 Å². The SMILES string of the molecule is OCC1(Cc2ccccc2O)COCCCN1. The highest BCUT2D eigenvalue weighted by atomic mass is 16.5. The second-order valence-corrected chi connectivity index (χ2v) is 4.58. The molecule has 1 aliphatic heterocycles. The fraction of sp³-hybridized carbons (Fsp3) is 0.538. The monoisotopic (exact) mass is 237 g/mol. The van der Waals surface area contributed by atoms with E-state index in [2.05, 4.69) is 5.32 Å². The molecule has 0 spiro atoms. The molecular weight excluding hydrogens is 218 g/mol. The van der Waals surface area contributed by atoms with E-state index in [9.17, 15) is 10.2 Å². The molecule has 0 aromatic heterocycles. The molecule has 4 heteroatoms. The van der Waals surface area contributed by atoms with E-state index < -0.39 is 5.54 Å². The minimum absolute atomic E-state index is 0.00132. The molecular formula is C13H19NO3. The van der Waals surface area contributed by atoms with E-state index in [4.69, 9.17) is 4.74 Å². The summed E-state index contributed by atoms with van der Waals surface area (Å²) in [6, 6.07) is 7.22. The van der Waals surface area contributed by atoms with Crippen molar-refractivity contribution in [3.63, 3.8) is 0 Å². The summed E-state index contributed by atoms with van der Waals surface area (Å²) in [6.45, 7) is 2.02. The Balaban J connectivity index is 2.15. The average Bonchev–Trinajstić information content (AvgIpc) is 2.58. The van der Waals surface area contributed by atoms with Crippen LogP contribution in [0.25, 0.3) is 0 Å². The van der Waals surface area contributed by atoms with Crippen molar-refractivity contribution in [2.24, 2.45) is 0 Å². The van der Waals surface area contributed by atoms with Gasteiger partial charge in [0.2, 0.25) is 0 Å². The summed E-state index contributed by atoms with van der Waals surface area (Å²) in [5.74, 6) is 0.270. The molecule has 1 heterocycles. The second kappa shape index (κ2) is 5.49. The molecule has 0 bridgehead atoms. The molecule has 0 radical (unpaired) electrons. The summed E-state index contributed by atoms with van der Waals surface area (Å²) >= 11 is 0. The van der Waals surface area contributed by atoms with Gasteiger partial charge in [0.05, 0.1) is 18.8 Å². The van der Waals surface area contributed by atoms with E-state index in [1.54, 1.807) is 12.1 Å². The molecule has 0 aliphatic carbocycles. The van der Waals surface area contributed by atoms with Gasteiger partial charge in [0.1, 0.15) is 5.75 Å². The number of aromatic hydroxyl groups is 1. The van der Waals surface area contributed by atoms with Crippen LogP contribution in [0.4, 0.5) is 0 Å². The van der Waals surface area contributed by atoms with Gasteiger partial charge in [0.25, 0.3) is 0 Å². The Morgan fingerprint density at radius 2 is 2.18 bits per heavy atom. The number of aliphatic hydroxyl groups excluding tert-OH is 1. The highest BCUT2D eigenvalue weighted by Gasteiger charge is 2.31. The van der Waals surface area contributed by atoms with Gasteiger partial charge in [-0.25, -0.2) is 0 Å². The number of rotatable bonds is 3. The molecule has 0 saturated carbocycles. The van der Waals surface area contributed by atoms with E-state index in [1.165, 1.54) is 0 Å². The van der Waals surface area contributed by atoms with Crippen molar-refractivity contribution < 1.29 is 14.9 Å². The number of aliphatic hydroxyl groups is 1. The number of hydrogen-bond donors (Lipinski definition) is 3. The van der Waals surface area contributed by atoms with Crippen LogP contribution in [0.2, 0.25) is 0 Å². The van der Waals surface area contributed by atoms with Crippen LogP contribution in [0.3, 0.4) is 0 Å². The van der Waals surface area contributed by atoms with E-state index in [0.717, 1.165) is 25.1 Å². The van der Waals surface area contributed by atoms with Gasteiger partial charge in [0, 0.05) is 6.61 Å². The first kappa shape index (κ1) is 12.4. The molecule has 0 amide bonds. The Labute approximate surface area is 101 Å². The number of phenols is 1. The highest BCUT2D eigenvalue weighted by molar-refractivity contribution is 5.33. The quantitative estimate of drug-likeness (QED) is 0.723. The summed E-state index contributed by atoms with van der Waals surface area (Å²) in [7, 11) is 0. The van der Waals surface area contributed by atoms with Crippen LogP contribution in [0.15, 0.2) is 24.3 Å². The van der Waals surface area contributed by atoms with Crippen LogP contribution in [-0.2, 0) is 11.2 Å². The molecule has 1 aromatic rings. The number of phenolic OH excluding ortho intramolecular Hbond substituents is 1. The smallest absolute Gasteiger partial charge is 0.118 e. The van der Waals surface area contributed by atoms with Crippen molar-refractivity contribution >= 4 is 0 Å². The van der Waals surface area contributed by atoms with Crippen LogP contribution >= 0.6 is 0 Å². The molecule has 1 unspecified atom stereocenters. The van der Waals surface area contributed by atoms with E-state index in [1.807, 2.05) is 12.1 Å². The summed E-state index contributed by atoms with van der Waals surface area (Å²) in [6.07, 6.45) is 1.51. The molecule has 1 fully saturated rings. The topological polar surface area (TPSA) is 61.7 Å². The third-order valence-corrected chi connectivity index (χ3v) is 3.17. The first-order chi connectivity index (χ1) is 8.26.